The summed E-state index contributed by atoms with van der Waals surface area (Å²) < 4.78 is 32.7. The number of ether oxygens (including phenoxy) is 1. The van der Waals surface area contributed by atoms with E-state index < -0.39 is 17.7 Å². The predicted molar refractivity (Wildman–Crippen MR) is 74.4 cm³/mol. The van der Waals surface area contributed by atoms with Gasteiger partial charge in [-0.05, 0) is 31.2 Å². The third-order valence-corrected chi connectivity index (χ3v) is 3.04. The second-order valence-corrected chi connectivity index (χ2v) is 4.65. The topological polar surface area (TPSA) is 59.0 Å². The molecule has 0 aliphatic rings. The first kappa shape index (κ1) is 14.9. The van der Waals surface area contributed by atoms with Crippen molar-refractivity contribution < 1.29 is 13.5 Å². The zero-order valence-electron chi connectivity index (χ0n) is 11.4. The van der Waals surface area contributed by atoms with Crippen LogP contribution in [0.15, 0.2) is 36.4 Å². The van der Waals surface area contributed by atoms with Crippen LogP contribution in [0.4, 0.5) is 8.78 Å². The molecule has 0 heterocycles. The highest BCUT2D eigenvalue weighted by Gasteiger charge is 2.12. The monoisotopic (exact) mass is 288 g/mol. The van der Waals surface area contributed by atoms with Crippen LogP contribution in [-0.2, 0) is 6.61 Å². The van der Waals surface area contributed by atoms with Crippen molar-refractivity contribution in [2.24, 2.45) is 5.73 Å². The Morgan fingerprint density at radius 3 is 2.71 bits per heavy atom. The standard InChI is InChI=1S/C16H14F2N2O/c1-10(20)14-7-13(17)5-6-15(14)21-9-12-4-2-3-11(8-19)16(12)18/h2-7,10H,9,20H2,1H3/t10-/m0/s1. The lowest BCUT2D eigenvalue weighted by Gasteiger charge is -2.14. The molecule has 0 saturated carbocycles. The second kappa shape index (κ2) is 6.33. The zero-order chi connectivity index (χ0) is 15.4. The molecule has 2 aromatic carbocycles. The van der Waals surface area contributed by atoms with Crippen molar-refractivity contribution in [2.75, 3.05) is 0 Å². The van der Waals surface area contributed by atoms with E-state index in [0.29, 0.717) is 11.3 Å². The molecule has 3 nitrogen and oxygen atoms in total. The van der Waals surface area contributed by atoms with Crippen LogP contribution < -0.4 is 10.5 Å². The molecule has 1 atom stereocenters. The molecule has 0 aromatic heterocycles. The molecule has 0 unspecified atom stereocenters. The number of nitrogens with two attached hydrogens (primary N) is 1. The van der Waals surface area contributed by atoms with Crippen LogP contribution in [0.1, 0.15) is 29.7 Å². The molecule has 0 amide bonds. The molecule has 0 bridgehead atoms. The van der Waals surface area contributed by atoms with Gasteiger partial charge in [-0.1, -0.05) is 12.1 Å². The molecule has 0 spiro atoms. The van der Waals surface area contributed by atoms with E-state index in [1.165, 1.54) is 30.3 Å². The smallest absolute Gasteiger partial charge is 0.147 e. The summed E-state index contributed by atoms with van der Waals surface area (Å²) in [5.41, 5.74) is 6.49. The van der Waals surface area contributed by atoms with Crippen LogP contribution in [-0.4, -0.2) is 0 Å². The molecule has 108 valence electrons. The number of nitriles is 1. The number of nitrogens with zero attached hydrogens (tertiary/aromatic N) is 1. The summed E-state index contributed by atoms with van der Waals surface area (Å²) in [6, 6.07) is 9.87. The Kier molecular flexibility index (Phi) is 4.51. The molecule has 2 aromatic rings. The van der Waals surface area contributed by atoms with Gasteiger partial charge in [-0.3, -0.25) is 0 Å². The second-order valence-electron chi connectivity index (χ2n) is 4.65. The van der Waals surface area contributed by atoms with Crippen molar-refractivity contribution >= 4 is 0 Å². The summed E-state index contributed by atoms with van der Waals surface area (Å²) >= 11 is 0. The molecule has 2 rings (SSSR count). The maximum Gasteiger partial charge on any atom is 0.147 e. The van der Waals surface area contributed by atoms with Crippen molar-refractivity contribution in [3.8, 4) is 11.8 Å². The molecule has 0 fully saturated rings. The summed E-state index contributed by atoms with van der Waals surface area (Å²) in [6.07, 6.45) is 0. The lowest BCUT2D eigenvalue weighted by molar-refractivity contribution is 0.294. The minimum Gasteiger partial charge on any atom is -0.488 e. The highest BCUT2D eigenvalue weighted by atomic mass is 19.1. The van der Waals surface area contributed by atoms with Gasteiger partial charge in [0.1, 0.15) is 30.1 Å². The molecule has 0 radical (unpaired) electrons. The van der Waals surface area contributed by atoms with Crippen LogP contribution in [0.2, 0.25) is 0 Å². The quantitative estimate of drug-likeness (QED) is 0.937. The predicted octanol–water partition coefficient (Wildman–Crippen LogP) is 3.44. The molecule has 2 N–H and O–H groups in total. The van der Waals surface area contributed by atoms with Gasteiger partial charge in [-0.25, -0.2) is 8.78 Å². The Morgan fingerprint density at radius 1 is 1.29 bits per heavy atom. The summed E-state index contributed by atoms with van der Waals surface area (Å²) in [6.45, 7) is 1.64. The van der Waals surface area contributed by atoms with Crippen molar-refractivity contribution in [1.29, 1.82) is 5.26 Å². The first-order valence-corrected chi connectivity index (χ1v) is 6.38. The lowest BCUT2D eigenvalue weighted by Crippen LogP contribution is -2.09. The molecular formula is C16H14F2N2O. The van der Waals surface area contributed by atoms with E-state index in [9.17, 15) is 8.78 Å². The Hall–Kier alpha value is -2.45. The van der Waals surface area contributed by atoms with Crippen molar-refractivity contribution in [3.63, 3.8) is 0 Å². The Bertz CT molecular complexity index is 693. The fourth-order valence-corrected chi connectivity index (χ4v) is 1.94. The Morgan fingerprint density at radius 2 is 2.05 bits per heavy atom. The number of rotatable bonds is 4. The van der Waals surface area contributed by atoms with Crippen LogP contribution in [0.25, 0.3) is 0 Å². The maximum atomic E-state index is 13.9. The van der Waals surface area contributed by atoms with E-state index in [0.717, 1.165) is 0 Å². The van der Waals surface area contributed by atoms with Gasteiger partial charge in [0.2, 0.25) is 0 Å². The molecular weight excluding hydrogens is 274 g/mol. The molecule has 5 heteroatoms. The SMILES string of the molecule is C[C@H](N)c1cc(F)ccc1OCc1cccc(C#N)c1F. The minimum atomic E-state index is -0.607. The van der Waals surface area contributed by atoms with Gasteiger partial charge in [0.15, 0.2) is 0 Å². The molecule has 0 aliphatic heterocycles. The van der Waals surface area contributed by atoms with Crippen LogP contribution in [0, 0.1) is 23.0 Å². The van der Waals surface area contributed by atoms with Gasteiger partial charge >= 0.3 is 0 Å². The van der Waals surface area contributed by atoms with E-state index >= 15 is 0 Å². The van der Waals surface area contributed by atoms with Crippen molar-refractivity contribution in [1.82, 2.24) is 0 Å². The average Bonchev–Trinajstić information content (AvgIpc) is 2.47. The third kappa shape index (κ3) is 3.36. The summed E-state index contributed by atoms with van der Waals surface area (Å²) in [5.74, 6) is -0.620. The van der Waals surface area contributed by atoms with Crippen molar-refractivity contribution in [3.05, 3.63) is 64.7 Å². The number of halogens is 2. The number of hydrogen-bond acceptors (Lipinski definition) is 3. The first-order valence-electron chi connectivity index (χ1n) is 6.38. The van der Waals surface area contributed by atoms with E-state index in [1.54, 1.807) is 19.1 Å². The van der Waals surface area contributed by atoms with E-state index in [2.05, 4.69) is 0 Å². The minimum absolute atomic E-state index is 0.0392. The average molecular weight is 288 g/mol. The Balaban J connectivity index is 2.23. The summed E-state index contributed by atoms with van der Waals surface area (Å²) in [4.78, 5) is 0. The normalized spacial score (nSPS) is 11.8. The molecule has 0 aliphatic carbocycles. The van der Waals surface area contributed by atoms with Gasteiger partial charge in [0, 0.05) is 17.2 Å². The highest BCUT2D eigenvalue weighted by Crippen LogP contribution is 2.26. The van der Waals surface area contributed by atoms with Gasteiger partial charge in [0.05, 0.1) is 5.56 Å². The van der Waals surface area contributed by atoms with Crippen molar-refractivity contribution in [2.45, 2.75) is 19.6 Å². The van der Waals surface area contributed by atoms with E-state index in [1.807, 2.05) is 0 Å². The third-order valence-electron chi connectivity index (χ3n) is 3.04. The lowest BCUT2D eigenvalue weighted by atomic mass is 10.1. The van der Waals surface area contributed by atoms with Gasteiger partial charge in [0.25, 0.3) is 0 Å². The first-order chi connectivity index (χ1) is 10.0. The molecule has 21 heavy (non-hydrogen) atoms. The van der Waals surface area contributed by atoms with Gasteiger partial charge < -0.3 is 10.5 Å². The summed E-state index contributed by atoms with van der Waals surface area (Å²) in [7, 11) is 0. The van der Waals surface area contributed by atoms with Crippen LogP contribution in [0.3, 0.4) is 0 Å². The highest BCUT2D eigenvalue weighted by molar-refractivity contribution is 5.38. The molecule has 0 saturated heterocycles. The number of benzene rings is 2. The van der Waals surface area contributed by atoms with Gasteiger partial charge in [-0.2, -0.15) is 5.26 Å². The van der Waals surface area contributed by atoms with E-state index in [4.69, 9.17) is 15.7 Å². The Labute approximate surface area is 121 Å². The largest absolute Gasteiger partial charge is 0.488 e. The van der Waals surface area contributed by atoms with Gasteiger partial charge in [-0.15, -0.1) is 0 Å². The van der Waals surface area contributed by atoms with Crippen LogP contribution >= 0.6 is 0 Å². The number of hydrogen-bond donors (Lipinski definition) is 1. The van der Waals surface area contributed by atoms with Crippen LogP contribution in [0.5, 0.6) is 5.75 Å². The summed E-state index contributed by atoms with van der Waals surface area (Å²) in [5, 5.41) is 8.79. The van der Waals surface area contributed by atoms with E-state index in [-0.39, 0.29) is 17.7 Å². The fraction of sp³-hybridized carbons (Fsp3) is 0.188. The maximum absolute atomic E-state index is 13.9. The zero-order valence-corrected chi connectivity index (χ0v) is 11.4. The fourth-order valence-electron chi connectivity index (χ4n) is 1.94.